The first kappa shape index (κ1) is 13.3. The molecule has 0 aliphatic heterocycles. The minimum atomic E-state index is -0.392. The Labute approximate surface area is 113 Å². The van der Waals surface area contributed by atoms with Crippen molar-refractivity contribution >= 4 is 11.3 Å². The van der Waals surface area contributed by atoms with Gasteiger partial charge < -0.3 is 5.11 Å². The summed E-state index contributed by atoms with van der Waals surface area (Å²) in [6.07, 6.45) is 0.312. The van der Waals surface area contributed by atoms with Crippen LogP contribution in [0.3, 0.4) is 0 Å². The fourth-order valence-corrected chi connectivity index (χ4v) is 3.44. The van der Waals surface area contributed by atoms with Crippen LogP contribution in [0.2, 0.25) is 0 Å². The van der Waals surface area contributed by atoms with Crippen LogP contribution in [0.4, 0.5) is 0 Å². The van der Waals surface area contributed by atoms with Crippen molar-refractivity contribution in [3.05, 3.63) is 56.3 Å². The molecular weight excluding hydrogens is 240 g/mol. The zero-order valence-corrected chi connectivity index (χ0v) is 12.3. The number of aliphatic hydroxyl groups is 1. The number of rotatable bonds is 3. The molecule has 1 unspecified atom stereocenters. The molecule has 96 valence electrons. The number of benzene rings is 1. The topological polar surface area (TPSA) is 20.2 Å². The first-order valence-electron chi connectivity index (χ1n) is 6.26. The zero-order valence-electron chi connectivity index (χ0n) is 11.4. The van der Waals surface area contributed by atoms with E-state index in [-0.39, 0.29) is 0 Å². The molecule has 0 fully saturated rings. The van der Waals surface area contributed by atoms with Gasteiger partial charge in [0.2, 0.25) is 0 Å². The SMILES string of the molecule is Cc1cc(C)c(CC(O)c2cscc2C)c(C)c1. The lowest BCUT2D eigenvalue weighted by Gasteiger charge is -2.16. The van der Waals surface area contributed by atoms with E-state index < -0.39 is 6.10 Å². The minimum Gasteiger partial charge on any atom is -0.388 e. The van der Waals surface area contributed by atoms with E-state index in [2.05, 4.69) is 50.6 Å². The van der Waals surface area contributed by atoms with Gasteiger partial charge in [-0.25, -0.2) is 0 Å². The minimum absolute atomic E-state index is 0.392. The Morgan fingerprint density at radius 1 is 1.00 bits per heavy atom. The van der Waals surface area contributed by atoms with Crippen molar-refractivity contribution in [2.24, 2.45) is 0 Å². The van der Waals surface area contributed by atoms with E-state index in [0.29, 0.717) is 6.42 Å². The van der Waals surface area contributed by atoms with Crippen LogP contribution in [0.1, 0.15) is 39.5 Å². The van der Waals surface area contributed by atoms with Crippen LogP contribution in [-0.4, -0.2) is 5.11 Å². The van der Waals surface area contributed by atoms with E-state index in [1.165, 1.54) is 27.8 Å². The number of hydrogen-bond acceptors (Lipinski definition) is 2. The van der Waals surface area contributed by atoms with Crippen molar-refractivity contribution in [1.82, 2.24) is 0 Å². The van der Waals surface area contributed by atoms with Crippen molar-refractivity contribution in [1.29, 1.82) is 0 Å². The molecule has 1 N–H and O–H groups in total. The highest BCUT2D eigenvalue weighted by atomic mass is 32.1. The Morgan fingerprint density at radius 2 is 1.61 bits per heavy atom. The van der Waals surface area contributed by atoms with Crippen molar-refractivity contribution in [2.75, 3.05) is 0 Å². The molecule has 2 aromatic rings. The van der Waals surface area contributed by atoms with Crippen LogP contribution in [0.5, 0.6) is 0 Å². The van der Waals surface area contributed by atoms with Gasteiger partial charge in [-0.3, -0.25) is 0 Å². The maximum Gasteiger partial charge on any atom is 0.0841 e. The molecule has 2 heteroatoms. The van der Waals surface area contributed by atoms with Crippen LogP contribution in [0.15, 0.2) is 22.9 Å². The quantitative estimate of drug-likeness (QED) is 0.874. The van der Waals surface area contributed by atoms with Crippen LogP contribution >= 0.6 is 11.3 Å². The summed E-state index contributed by atoms with van der Waals surface area (Å²) < 4.78 is 0. The van der Waals surface area contributed by atoms with Crippen LogP contribution < -0.4 is 0 Å². The number of thiophene rings is 1. The first-order chi connectivity index (χ1) is 8.49. The van der Waals surface area contributed by atoms with E-state index in [4.69, 9.17) is 0 Å². The molecule has 0 amide bonds. The summed E-state index contributed by atoms with van der Waals surface area (Å²) in [6, 6.07) is 4.38. The summed E-state index contributed by atoms with van der Waals surface area (Å²) in [5.74, 6) is 0. The molecule has 1 heterocycles. The predicted octanol–water partition coefficient (Wildman–Crippen LogP) is 4.26. The number of aliphatic hydroxyl groups excluding tert-OH is 1. The summed E-state index contributed by atoms with van der Waals surface area (Å²) in [7, 11) is 0. The molecule has 0 aliphatic rings. The van der Waals surface area contributed by atoms with E-state index in [1.54, 1.807) is 11.3 Å². The van der Waals surface area contributed by atoms with Gasteiger partial charge in [-0.1, -0.05) is 17.7 Å². The standard InChI is InChI=1S/C16H20OS/c1-10-5-11(2)14(12(3)6-10)7-16(17)15-9-18-8-13(15)4/h5-6,8-9,16-17H,7H2,1-4H3. The van der Waals surface area contributed by atoms with Gasteiger partial charge in [-0.2, -0.15) is 11.3 Å². The second kappa shape index (κ2) is 5.25. The van der Waals surface area contributed by atoms with Crippen molar-refractivity contribution in [3.8, 4) is 0 Å². The number of hydrogen-bond donors (Lipinski definition) is 1. The Kier molecular flexibility index (Phi) is 3.88. The Hall–Kier alpha value is -1.12. The molecule has 0 saturated carbocycles. The zero-order chi connectivity index (χ0) is 13.3. The molecule has 18 heavy (non-hydrogen) atoms. The van der Waals surface area contributed by atoms with E-state index >= 15 is 0 Å². The summed E-state index contributed by atoms with van der Waals surface area (Å²) in [6.45, 7) is 8.43. The largest absolute Gasteiger partial charge is 0.388 e. The molecule has 1 aromatic carbocycles. The second-order valence-electron chi connectivity index (χ2n) is 5.11. The van der Waals surface area contributed by atoms with Gasteiger partial charge in [0.25, 0.3) is 0 Å². The monoisotopic (exact) mass is 260 g/mol. The maximum absolute atomic E-state index is 10.4. The van der Waals surface area contributed by atoms with Gasteiger partial charge in [0, 0.05) is 6.42 Å². The highest BCUT2D eigenvalue weighted by Gasteiger charge is 2.14. The molecule has 0 saturated heterocycles. The van der Waals surface area contributed by atoms with Gasteiger partial charge in [0.15, 0.2) is 0 Å². The lowest BCUT2D eigenvalue weighted by molar-refractivity contribution is 0.178. The van der Waals surface area contributed by atoms with Crippen molar-refractivity contribution in [2.45, 2.75) is 40.2 Å². The molecule has 2 rings (SSSR count). The molecule has 1 aromatic heterocycles. The highest BCUT2D eigenvalue weighted by molar-refractivity contribution is 7.08. The number of aryl methyl sites for hydroxylation is 4. The molecule has 0 bridgehead atoms. The van der Waals surface area contributed by atoms with Crippen LogP contribution in [-0.2, 0) is 6.42 Å². The third-order valence-corrected chi connectivity index (χ3v) is 4.37. The van der Waals surface area contributed by atoms with Gasteiger partial charge >= 0.3 is 0 Å². The van der Waals surface area contributed by atoms with Crippen LogP contribution in [0.25, 0.3) is 0 Å². The molecule has 0 spiro atoms. The van der Waals surface area contributed by atoms with E-state index in [1.807, 2.05) is 0 Å². The average Bonchev–Trinajstić information content (AvgIpc) is 2.69. The second-order valence-corrected chi connectivity index (χ2v) is 5.85. The Morgan fingerprint density at radius 3 is 2.11 bits per heavy atom. The third-order valence-electron chi connectivity index (χ3n) is 3.49. The summed E-state index contributed by atoms with van der Waals surface area (Å²) in [5, 5.41) is 14.5. The van der Waals surface area contributed by atoms with E-state index in [9.17, 15) is 5.11 Å². The molecule has 1 nitrogen and oxygen atoms in total. The fourth-order valence-electron chi connectivity index (χ4n) is 2.55. The first-order valence-corrected chi connectivity index (χ1v) is 7.20. The van der Waals surface area contributed by atoms with E-state index in [0.717, 1.165) is 5.56 Å². The lowest BCUT2D eigenvalue weighted by Crippen LogP contribution is -2.05. The molecule has 0 radical (unpaired) electrons. The van der Waals surface area contributed by atoms with Crippen molar-refractivity contribution in [3.63, 3.8) is 0 Å². The third kappa shape index (κ3) is 2.65. The Bertz CT molecular complexity index is 531. The van der Waals surface area contributed by atoms with Gasteiger partial charge in [0.05, 0.1) is 6.10 Å². The maximum atomic E-state index is 10.4. The molecular formula is C16H20OS. The van der Waals surface area contributed by atoms with Gasteiger partial charge in [-0.05, 0) is 66.3 Å². The normalized spacial score (nSPS) is 12.7. The lowest BCUT2D eigenvalue weighted by atomic mass is 9.93. The molecule has 1 atom stereocenters. The summed E-state index contributed by atoms with van der Waals surface area (Å²) in [5.41, 5.74) is 7.38. The smallest absolute Gasteiger partial charge is 0.0841 e. The predicted molar refractivity (Wildman–Crippen MR) is 78.4 cm³/mol. The molecule has 0 aliphatic carbocycles. The van der Waals surface area contributed by atoms with Gasteiger partial charge in [0.1, 0.15) is 0 Å². The Balaban J connectivity index is 2.27. The fraction of sp³-hybridized carbons (Fsp3) is 0.375. The van der Waals surface area contributed by atoms with Crippen LogP contribution in [0, 0.1) is 27.7 Å². The highest BCUT2D eigenvalue weighted by Crippen LogP contribution is 2.27. The average molecular weight is 260 g/mol. The van der Waals surface area contributed by atoms with Crippen molar-refractivity contribution < 1.29 is 5.11 Å². The summed E-state index contributed by atoms with van der Waals surface area (Å²) >= 11 is 1.66. The van der Waals surface area contributed by atoms with Gasteiger partial charge in [-0.15, -0.1) is 0 Å². The summed E-state index contributed by atoms with van der Waals surface area (Å²) in [4.78, 5) is 0.